The van der Waals surface area contributed by atoms with E-state index in [-0.39, 0.29) is 18.5 Å². The summed E-state index contributed by atoms with van der Waals surface area (Å²) in [7, 11) is 3.16. The molecule has 1 fully saturated rings. The van der Waals surface area contributed by atoms with E-state index < -0.39 is 12.2 Å². The number of benzene rings is 1. The Hall–Kier alpha value is -2.87. The fourth-order valence-electron chi connectivity index (χ4n) is 3.66. The molecule has 0 bridgehead atoms. The number of hydrogen-bond acceptors (Lipinski definition) is 6. The molecule has 3 amide bonds. The lowest BCUT2D eigenvalue weighted by Crippen LogP contribution is -2.63. The van der Waals surface area contributed by atoms with E-state index in [1.807, 2.05) is 46.3 Å². The van der Waals surface area contributed by atoms with Gasteiger partial charge in [-0.25, -0.2) is 9.79 Å². The molecular formula is C18H21N5O3. The first-order valence-electron chi connectivity index (χ1n) is 8.60. The third kappa shape index (κ3) is 2.29. The summed E-state index contributed by atoms with van der Waals surface area (Å²) in [6, 6.07) is 8.96. The second kappa shape index (κ2) is 6.14. The molecule has 26 heavy (non-hydrogen) atoms. The summed E-state index contributed by atoms with van der Waals surface area (Å²) in [5, 5.41) is 9.27. The number of imide groups is 1. The average Bonchev–Trinajstić information content (AvgIpc) is 3.20. The minimum atomic E-state index is -0.560. The van der Waals surface area contributed by atoms with Gasteiger partial charge in [0.2, 0.25) is 5.96 Å². The predicted molar refractivity (Wildman–Crippen MR) is 95.6 cm³/mol. The van der Waals surface area contributed by atoms with Crippen LogP contribution in [0.5, 0.6) is 0 Å². The number of aliphatic hydroxyl groups is 1. The SMILES string of the molecule is CN1C(=O)C2C(N=C3N(CCCO)C(c4ccccc4)=CN32)N(C)C1=O. The highest BCUT2D eigenvalue weighted by Crippen LogP contribution is 2.36. The topological polar surface area (TPSA) is 79.7 Å². The Morgan fingerprint density at radius 3 is 2.58 bits per heavy atom. The zero-order valence-electron chi connectivity index (χ0n) is 14.7. The second-order valence-corrected chi connectivity index (χ2v) is 6.59. The minimum absolute atomic E-state index is 0.0682. The molecule has 2 unspecified atom stereocenters. The molecular weight excluding hydrogens is 334 g/mol. The van der Waals surface area contributed by atoms with Gasteiger partial charge in [-0.3, -0.25) is 9.69 Å². The lowest BCUT2D eigenvalue weighted by Gasteiger charge is -2.38. The van der Waals surface area contributed by atoms with Gasteiger partial charge in [0.15, 0.2) is 12.2 Å². The molecule has 8 heteroatoms. The Balaban J connectivity index is 1.74. The molecule has 4 rings (SSSR count). The number of guanidine groups is 1. The number of rotatable bonds is 4. The number of likely N-dealkylation sites (N-methyl/N-ethyl adjacent to an activating group) is 2. The van der Waals surface area contributed by atoms with Gasteiger partial charge in [-0.1, -0.05) is 30.3 Å². The molecule has 1 N–H and O–H groups in total. The summed E-state index contributed by atoms with van der Waals surface area (Å²) in [5.74, 6) is 0.389. The highest BCUT2D eigenvalue weighted by Gasteiger charge is 2.53. The first-order valence-corrected chi connectivity index (χ1v) is 8.60. The van der Waals surface area contributed by atoms with Crippen molar-refractivity contribution < 1.29 is 14.7 Å². The van der Waals surface area contributed by atoms with Crippen LogP contribution in [0.25, 0.3) is 5.70 Å². The lowest BCUT2D eigenvalue weighted by atomic mass is 10.1. The van der Waals surface area contributed by atoms with Gasteiger partial charge in [0.1, 0.15) is 0 Å². The molecule has 0 aromatic heterocycles. The van der Waals surface area contributed by atoms with E-state index in [9.17, 15) is 14.7 Å². The Kier molecular flexibility index (Phi) is 3.91. The normalized spacial score (nSPS) is 24.7. The van der Waals surface area contributed by atoms with Crippen molar-refractivity contribution >= 4 is 23.6 Å². The second-order valence-electron chi connectivity index (χ2n) is 6.59. The van der Waals surface area contributed by atoms with Gasteiger partial charge >= 0.3 is 6.03 Å². The molecule has 136 valence electrons. The quantitative estimate of drug-likeness (QED) is 0.854. The third-order valence-electron chi connectivity index (χ3n) is 5.03. The molecule has 8 nitrogen and oxygen atoms in total. The number of amides is 3. The van der Waals surface area contributed by atoms with Gasteiger partial charge in [-0.15, -0.1) is 0 Å². The van der Waals surface area contributed by atoms with E-state index in [1.54, 1.807) is 7.05 Å². The molecule has 3 heterocycles. The highest BCUT2D eigenvalue weighted by molar-refractivity contribution is 6.06. The number of carbonyl (C=O) groups is 2. The molecule has 0 saturated carbocycles. The monoisotopic (exact) mass is 355 g/mol. The maximum absolute atomic E-state index is 12.7. The van der Waals surface area contributed by atoms with Crippen molar-refractivity contribution in [1.82, 2.24) is 19.6 Å². The van der Waals surface area contributed by atoms with Crippen LogP contribution in [0.3, 0.4) is 0 Å². The molecule has 1 aromatic carbocycles. The lowest BCUT2D eigenvalue weighted by molar-refractivity contribution is -0.135. The number of hydrogen-bond donors (Lipinski definition) is 1. The average molecular weight is 355 g/mol. The van der Waals surface area contributed by atoms with Crippen molar-refractivity contribution in [2.75, 3.05) is 27.2 Å². The fourth-order valence-corrected chi connectivity index (χ4v) is 3.66. The molecule has 1 aromatic rings. The molecule has 3 aliphatic rings. The van der Waals surface area contributed by atoms with Crippen LogP contribution in [0.1, 0.15) is 12.0 Å². The summed E-state index contributed by atoms with van der Waals surface area (Å²) in [5.41, 5.74) is 1.95. The first kappa shape index (κ1) is 16.6. The largest absolute Gasteiger partial charge is 0.396 e. The van der Waals surface area contributed by atoms with Crippen LogP contribution in [0.2, 0.25) is 0 Å². The van der Waals surface area contributed by atoms with Crippen LogP contribution >= 0.6 is 0 Å². The van der Waals surface area contributed by atoms with E-state index >= 15 is 0 Å². The number of urea groups is 1. The minimum Gasteiger partial charge on any atom is -0.396 e. The summed E-state index contributed by atoms with van der Waals surface area (Å²) in [6.07, 6.45) is 1.96. The molecule has 1 saturated heterocycles. The van der Waals surface area contributed by atoms with Crippen molar-refractivity contribution in [3.05, 3.63) is 42.1 Å². The van der Waals surface area contributed by atoms with Crippen LogP contribution in [-0.4, -0.2) is 82.1 Å². The van der Waals surface area contributed by atoms with E-state index in [0.29, 0.717) is 18.9 Å². The van der Waals surface area contributed by atoms with E-state index in [2.05, 4.69) is 0 Å². The molecule has 3 aliphatic heterocycles. The number of aliphatic imine (C=N–C) groups is 1. The number of carbonyl (C=O) groups excluding carboxylic acids is 2. The molecule has 2 atom stereocenters. The van der Waals surface area contributed by atoms with Crippen molar-refractivity contribution in [2.45, 2.75) is 18.6 Å². The van der Waals surface area contributed by atoms with Crippen molar-refractivity contribution in [2.24, 2.45) is 4.99 Å². The van der Waals surface area contributed by atoms with Crippen molar-refractivity contribution in [3.63, 3.8) is 0 Å². The Bertz CT molecular complexity index is 806. The van der Waals surface area contributed by atoms with Crippen LogP contribution in [0.15, 0.2) is 41.5 Å². The standard InChI is InChI=1S/C18H21N5O3/c1-20-15-14(16(25)21(2)18(20)26)23-11-13(12-7-4-3-5-8-12)22(9-6-10-24)17(23)19-15/h3-5,7-8,11,14-15,24H,6,9-10H2,1-2H3. The van der Waals surface area contributed by atoms with Crippen molar-refractivity contribution in [3.8, 4) is 0 Å². The zero-order valence-corrected chi connectivity index (χ0v) is 14.7. The van der Waals surface area contributed by atoms with Gasteiger partial charge in [-0.05, 0) is 12.0 Å². The highest BCUT2D eigenvalue weighted by atomic mass is 16.3. The molecule has 0 spiro atoms. The molecule has 0 radical (unpaired) electrons. The van der Waals surface area contributed by atoms with Crippen LogP contribution in [0.4, 0.5) is 4.79 Å². The first-order chi connectivity index (χ1) is 12.5. The van der Waals surface area contributed by atoms with Crippen LogP contribution in [0, 0.1) is 0 Å². The van der Waals surface area contributed by atoms with E-state index in [0.717, 1.165) is 16.2 Å². The summed E-state index contributed by atoms with van der Waals surface area (Å²) >= 11 is 0. The van der Waals surface area contributed by atoms with Gasteiger partial charge in [0, 0.05) is 33.4 Å². The van der Waals surface area contributed by atoms with E-state index in [1.165, 1.54) is 11.9 Å². The summed E-state index contributed by atoms with van der Waals surface area (Å²) in [4.78, 5) is 36.2. The fraction of sp³-hybridized carbons (Fsp3) is 0.389. The number of nitrogens with zero attached hydrogens (tertiary/aromatic N) is 5. The Morgan fingerprint density at radius 2 is 1.88 bits per heavy atom. The smallest absolute Gasteiger partial charge is 0.328 e. The molecule has 0 aliphatic carbocycles. The van der Waals surface area contributed by atoms with Gasteiger partial charge in [0.25, 0.3) is 5.91 Å². The Labute approximate surface area is 151 Å². The predicted octanol–water partition coefficient (Wildman–Crippen LogP) is 0.573. The van der Waals surface area contributed by atoms with Crippen LogP contribution in [-0.2, 0) is 4.79 Å². The van der Waals surface area contributed by atoms with Crippen LogP contribution < -0.4 is 0 Å². The van der Waals surface area contributed by atoms with Gasteiger partial charge < -0.3 is 19.8 Å². The van der Waals surface area contributed by atoms with Gasteiger partial charge in [-0.2, -0.15) is 0 Å². The number of fused-ring (bicyclic) bond motifs is 3. The van der Waals surface area contributed by atoms with E-state index in [4.69, 9.17) is 4.99 Å². The summed E-state index contributed by atoms with van der Waals surface area (Å²) in [6.45, 7) is 0.645. The maximum Gasteiger partial charge on any atom is 0.328 e. The number of aliphatic hydroxyl groups excluding tert-OH is 1. The summed E-state index contributed by atoms with van der Waals surface area (Å²) < 4.78 is 0. The maximum atomic E-state index is 12.7. The zero-order chi connectivity index (χ0) is 18.4. The van der Waals surface area contributed by atoms with Gasteiger partial charge in [0.05, 0.1) is 5.70 Å². The Morgan fingerprint density at radius 1 is 1.15 bits per heavy atom. The van der Waals surface area contributed by atoms with Crippen molar-refractivity contribution in [1.29, 1.82) is 0 Å². The third-order valence-corrected chi connectivity index (χ3v) is 5.03.